The van der Waals surface area contributed by atoms with Gasteiger partial charge in [0.25, 0.3) is 5.89 Å². The molecule has 27 heavy (non-hydrogen) atoms. The van der Waals surface area contributed by atoms with Crippen molar-refractivity contribution in [1.29, 1.82) is 0 Å². The van der Waals surface area contributed by atoms with Crippen LogP contribution in [0.2, 0.25) is 5.02 Å². The number of nitrogens with zero attached hydrogens (tertiary/aromatic N) is 4. The number of halogens is 1. The molecule has 3 aromatic heterocycles. The van der Waals surface area contributed by atoms with Gasteiger partial charge in [0.1, 0.15) is 5.69 Å². The van der Waals surface area contributed by atoms with Gasteiger partial charge in [-0.25, -0.2) is 9.78 Å². The van der Waals surface area contributed by atoms with Gasteiger partial charge in [0, 0.05) is 11.9 Å². The minimum Gasteiger partial charge on any atom is -0.401 e. The molecule has 0 radical (unpaired) electrons. The summed E-state index contributed by atoms with van der Waals surface area (Å²) in [6.07, 6.45) is 1.69. The van der Waals surface area contributed by atoms with Crippen LogP contribution in [0, 0.1) is 20.8 Å². The van der Waals surface area contributed by atoms with Crippen LogP contribution < -0.4 is 5.63 Å². The van der Waals surface area contributed by atoms with Crippen LogP contribution in [-0.2, 0) is 6.54 Å². The molecule has 0 aliphatic carbocycles. The Hall–Kier alpha value is -2.99. The number of fused-ring (bicyclic) bond motifs is 1. The van der Waals surface area contributed by atoms with Crippen LogP contribution in [0.4, 0.5) is 0 Å². The van der Waals surface area contributed by atoms with E-state index in [0.29, 0.717) is 28.2 Å². The highest BCUT2D eigenvalue weighted by Gasteiger charge is 2.15. The molecule has 136 valence electrons. The second-order valence-corrected chi connectivity index (χ2v) is 6.95. The number of aryl methyl sites for hydroxylation is 3. The molecule has 0 saturated heterocycles. The fourth-order valence-electron chi connectivity index (χ4n) is 3.09. The van der Waals surface area contributed by atoms with E-state index in [1.54, 1.807) is 29.1 Å². The third-order valence-electron chi connectivity index (χ3n) is 4.40. The first-order chi connectivity index (χ1) is 12.9. The Kier molecular flexibility index (Phi) is 4.28. The lowest BCUT2D eigenvalue weighted by Crippen LogP contribution is -2.07. The van der Waals surface area contributed by atoms with Gasteiger partial charge in [-0.2, -0.15) is 5.10 Å². The second-order valence-electron chi connectivity index (χ2n) is 6.54. The van der Waals surface area contributed by atoms with Crippen molar-refractivity contribution in [1.82, 2.24) is 19.7 Å². The molecule has 0 atom stereocenters. The van der Waals surface area contributed by atoms with Crippen molar-refractivity contribution >= 4 is 22.5 Å². The van der Waals surface area contributed by atoms with Crippen molar-refractivity contribution in [3.8, 4) is 11.6 Å². The Morgan fingerprint density at radius 1 is 1.19 bits per heavy atom. The smallest absolute Gasteiger partial charge is 0.347 e. The quantitative estimate of drug-likeness (QED) is 0.535. The average Bonchev–Trinajstić information content (AvgIpc) is 2.98. The lowest BCUT2D eigenvalue weighted by Gasteiger charge is -2.05. The van der Waals surface area contributed by atoms with Gasteiger partial charge in [-0.3, -0.25) is 9.67 Å². The normalized spacial score (nSPS) is 11.3. The van der Waals surface area contributed by atoms with Gasteiger partial charge >= 0.3 is 5.63 Å². The average molecular weight is 381 g/mol. The van der Waals surface area contributed by atoms with Crippen LogP contribution in [0.5, 0.6) is 0 Å². The summed E-state index contributed by atoms with van der Waals surface area (Å²) in [5, 5.41) is 5.59. The van der Waals surface area contributed by atoms with Crippen LogP contribution >= 0.6 is 11.6 Å². The Balaban J connectivity index is 1.79. The van der Waals surface area contributed by atoms with Crippen LogP contribution in [0.15, 0.2) is 45.7 Å². The first kappa shape index (κ1) is 17.4. The number of benzene rings is 1. The van der Waals surface area contributed by atoms with E-state index in [9.17, 15) is 4.79 Å². The maximum atomic E-state index is 12.4. The molecule has 4 aromatic rings. The topological polar surface area (TPSA) is 73.8 Å². The highest BCUT2D eigenvalue weighted by molar-refractivity contribution is 6.31. The highest BCUT2D eigenvalue weighted by atomic mass is 35.5. The summed E-state index contributed by atoms with van der Waals surface area (Å²) < 4.78 is 7.21. The van der Waals surface area contributed by atoms with E-state index < -0.39 is 5.63 Å². The number of aromatic nitrogens is 4. The SMILES string of the molecule is Cc1cc(C)c2nc(-c3cc(C)n(Cc4ncccc4Cl)n3)oc(=O)c2c1. The minimum absolute atomic E-state index is 0.202. The van der Waals surface area contributed by atoms with Gasteiger partial charge in [-0.05, 0) is 56.2 Å². The highest BCUT2D eigenvalue weighted by Crippen LogP contribution is 2.22. The maximum absolute atomic E-state index is 12.4. The third-order valence-corrected chi connectivity index (χ3v) is 4.75. The predicted molar refractivity (Wildman–Crippen MR) is 104 cm³/mol. The van der Waals surface area contributed by atoms with Crippen molar-refractivity contribution in [2.24, 2.45) is 0 Å². The Morgan fingerprint density at radius 2 is 2.00 bits per heavy atom. The molecule has 4 rings (SSSR count). The van der Waals surface area contributed by atoms with Gasteiger partial charge in [0.2, 0.25) is 0 Å². The van der Waals surface area contributed by atoms with Crippen LogP contribution in [-0.4, -0.2) is 19.7 Å². The summed E-state index contributed by atoms with van der Waals surface area (Å²) in [5.74, 6) is 0.202. The fraction of sp³-hybridized carbons (Fsp3) is 0.200. The fourth-order valence-corrected chi connectivity index (χ4v) is 3.27. The zero-order valence-corrected chi connectivity index (χ0v) is 15.9. The molecule has 7 heteroatoms. The number of hydrogen-bond acceptors (Lipinski definition) is 5. The largest absolute Gasteiger partial charge is 0.401 e. The van der Waals surface area contributed by atoms with E-state index >= 15 is 0 Å². The van der Waals surface area contributed by atoms with Crippen molar-refractivity contribution < 1.29 is 4.42 Å². The molecule has 0 aliphatic rings. The number of hydrogen-bond donors (Lipinski definition) is 0. The summed E-state index contributed by atoms with van der Waals surface area (Å²) in [6.45, 7) is 6.20. The summed E-state index contributed by atoms with van der Waals surface area (Å²) in [4.78, 5) is 21.3. The summed E-state index contributed by atoms with van der Waals surface area (Å²) in [7, 11) is 0. The molecule has 0 unspecified atom stereocenters. The lowest BCUT2D eigenvalue weighted by molar-refractivity contribution is 0.513. The lowest BCUT2D eigenvalue weighted by atomic mass is 10.1. The van der Waals surface area contributed by atoms with Gasteiger partial charge in [-0.1, -0.05) is 17.7 Å². The van der Waals surface area contributed by atoms with Gasteiger partial charge < -0.3 is 4.42 Å². The molecule has 6 nitrogen and oxygen atoms in total. The maximum Gasteiger partial charge on any atom is 0.347 e. The summed E-state index contributed by atoms with van der Waals surface area (Å²) in [5.41, 5.74) is 4.24. The molecule has 3 heterocycles. The monoisotopic (exact) mass is 380 g/mol. The van der Waals surface area contributed by atoms with Gasteiger partial charge in [-0.15, -0.1) is 0 Å². The van der Waals surface area contributed by atoms with Crippen LogP contribution in [0.1, 0.15) is 22.5 Å². The van der Waals surface area contributed by atoms with Crippen molar-refractivity contribution in [2.75, 3.05) is 0 Å². The van der Waals surface area contributed by atoms with Crippen LogP contribution in [0.25, 0.3) is 22.5 Å². The summed E-state index contributed by atoms with van der Waals surface area (Å²) >= 11 is 6.19. The second kappa shape index (κ2) is 6.63. The van der Waals surface area contributed by atoms with E-state index in [-0.39, 0.29) is 5.89 Å². The number of pyridine rings is 1. The third kappa shape index (κ3) is 3.24. The Labute approximate surface area is 160 Å². The van der Waals surface area contributed by atoms with Gasteiger partial charge in [0.05, 0.1) is 28.2 Å². The Bertz CT molecular complexity index is 1230. The molecule has 0 aliphatic heterocycles. The van der Waals surface area contributed by atoms with E-state index in [0.717, 1.165) is 22.5 Å². The van der Waals surface area contributed by atoms with E-state index in [2.05, 4.69) is 15.1 Å². The van der Waals surface area contributed by atoms with E-state index in [4.69, 9.17) is 16.0 Å². The molecular formula is C20H17ClN4O2. The standard InChI is InChI=1S/C20H17ClN4O2/c1-11-7-12(2)18-14(8-11)20(26)27-19(23-18)16-9-13(3)25(24-16)10-17-15(21)5-4-6-22-17/h4-9H,10H2,1-3H3. The molecule has 1 aromatic carbocycles. The molecule has 0 bridgehead atoms. The predicted octanol–water partition coefficient (Wildman–Crippen LogP) is 4.07. The first-order valence-electron chi connectivity index (χ1n) is 8.48. The van der Waals surface area contributed by atoms with Crippen molar-refractivity contribution in [2.45, 2.75) is 27.3 Å². The summed E-state index contributed by atoms with van der Waals surface area (Å²) in [6, 6.07) is 9.18. The first-order valence-corrected chi connectivity index (χ1v) is 8.86. The molecule has 0 saturated carbocycles. The number of rotatable bonds is 3. The Morgan fingerprint density at radius 3 is 2.78 bits per heavy atom. The molecule has 0 fully saturated rings. The van der Waals surface area contributed by atoms with Crippen molar-refractivity contribution in [3.63, 3.8) is 0 Å². The zero-order chi connectivity index (χ0) is 19.1. The van der Waals surface area contributed by atoms with E-state index in [1.807, 2.05) is 32.9 Å². The van der Waals surface area contributed by atoms with E-state index in [1.165, 1.54) is 0 Å². The zero-order valence-electron chi connectivity index (χ0n) is 15.2. The molecule has 0 N–H and O–H groups in total. The molecular weight excluding hydrogens is 364 g/mol. The van der Waals surface area contributed by atoms with Gasteiger partial charge in [0.15, 0.2) is 0 Å². The minimum atomic E-state index is -0.415. The molecule has 0 amide bonds. The van der Waals surface area contributed by atoms with Crippen LogP contribution in [0.3, 0.4) is 0 Å². The molecule has 0 spiro atoms. The van der Waals surface area contributed by atoms with Crippen molar-refractivity contribution in [3.05, 3.63) is 74.5 Å².